The van der Waals surface area contributed by atoms with Crippen molar-refractivity contribution >= 4 is 5.69 Å². The molecule has 2 aromatic rings. The van der Waals surface area contributed by atoms with Crippen LogP contribution in [0.5, 0.6) is 5.75 Å². The second kappa shape index (κ2) is 5.13. The average Bonchev–Trinajstić information content (AvgIpc) is 2.38. The van der Waals surface area contributed by atoms with Crippen molar-refractivity contribution in [1.29, 1.82) is 0 Å². The maximum absolute atomic E-state index is 9.32. The van der Waals surface area contributed by atoms with Gasteiger partial charge in [0.2, 0.25) is 0 Å². The molecule has 0 radical (unpaired) electrons. The van der Waals surface area contributed by atoms with Gasteiger partial charge in [0.15, 0.2) is 0 Å². The van der Waals surface area contributed by atoms with Crippen LogP contribution >= 0.6 is 0 Å². The fourth-order valence-electron chi connectivity index (χ4n) is 2.14. The summed E-state index contributed by atoms with van der Waals surface area (Å²) in [5.41, 5.74) is 3.70. The first-order valence-corrected chi connectivity index (χ1v) is 6.17. The number of phenolic OH excluding ortho intramolecular Hbond substituents is 1. The molecule has 2 heteroatoms. The number of aromatic hydroxyl groups is 1. The lowest BCUT2D eigenvalue weighted by molar-refractivity contribution is 0.475. The zero-order valence-electron chi connectivity index (χ0n) is 11.1. The van der Waals surface area contributed by atoms with Crippen molar-refractivity contribution in [3.63, 3.8) is 0 Å². The van der Waals surface area contributed by atoms with Crippen molar-refractivity contribution in [3.8, 4) is 5.75 Å². The largest absolute Gasteiger partial charge is 0.508 e. The first-order valence-electron chi connectivity index (χ1n) is 6.17. The average molecular weight is 241 g/mol. The fourth-order valence-corrected chi connectivity index (χ4v) is 2.14. The number of rotatable bonds is 3. The van der Waals surface area contributed by atoms with Crippen LogP contribution in [-0.4, -0.2) is 12.2 Å². The molecule has 0 aliphatic carbocycles. The number of nitrogens with zero attached hydrogens (tertiary/aromatic N) is 1. The molecule has 94 valence electrons. The van der Waals surface area contributed by atoms with Gasteiger partial charge >= 0.3 is 0 Å². The van der Waals surface area contributed by atoms with Gasteiger partial charge in [-0.25, -0.2) is 0 Å². The minimum atomic E-state index is 0.270. The van der Waals surface area contributed by atoms with Gasteiger partial charge in [-0.15, -0.1) is 0 Å². The van der Waals surface area contributed by atoms with Crippen LogP contribution in [-0.2, 0) is 0 Å². The van der Waals surface area contributed by atoms with Crippen molar-refractivity contribution in [2.45, 2.75) is 19.9 Å². The molecular formula is C16H19NO. The third-order valence-electron chi connectivity index (χ3n) is 3.45. The van der Waals surface area contributed by atoms with Crippen molar-refractivity contribution in [2.24, 2.45) is 0 Å². The zero-order chi connectivity index (χ0) is 13.1. The normalized spacial score (nSPS) is 12.2. The number of phenols is 1. The van der Waals surface area contributed by atoms with E-state index < -0.39 is 0 Å². The third kappa shape index (κ3) is 2.48. The lowest BCUT2D eigenvalue weighted by atomic mass is 10.1. The molecule has 0 heterocycles. The Bertz CT molecular complexity index is 519. The molecule has 0 aromatic heterocycles. The maximum Gasteiger partial charge on any atom is 0.115 e. The number of hydrogen-bond donors (Lipinski definition) is 1. The molecule has 1 unspecified atom stereocenters. The van der Waals surface area contributed by atoms with E-state index in [2.05, 4.69) is 50.1 Å². The molecule has 2 nitrogen and oxygen atoms in total. The number of benzene rings is 2. The van der Waals surface area contributed by atoms with Crippen LogP contribution in [0.1, 0.15) is 24.1 Å². The van der Waals surface area contributed by atoms with E-state index in [1.165, 1.54) is 16.8 Å². The van der Waals surface area contributed by atoms with Gasteiger partial charge in [-0.2, -0.15) is 0 Å². The smallest absolute Gasteiger partial charge is 0.115 e. The second-order valence-electron chi connectivity index (χ2n) is 4.66. The van der Waals surface area contributed by atoms with Gasteiger partial charge < -0.3 is 10.0 Å². The summed E-state index contributed by atoms with van der Waals surface area (Å²) >= 11 is 0. The predicted octanol–water partition coefficient (Wildman–Crippen LogP) is 3.90. The van der Waals surface area contributed by atoms with Crippen LogP contribution in [0.4, 0.5) is 5.69 Å². The monoisotopic (exact) mass is 241 g/mol. The van der Waals surface area contributed by atoms with E-state index in [9.17, 15) is 5.11 Å². The highest BCUT2D eigenvalue weighted by atomic mass is 16.3. The van der Waals surface area contributed by atoms with Crippen LogP contribution in [0.15, 0.2) is 48.5 Å². The Morgan fingerprint density at radius 3 is 2.22 bits per heavy atom. The SMILES string of the molecule is Cc1ccccc1N(C)C(C)c1ccc(O)cc1. The number of anilines is 1. The molecule has 0 spiro atoms. The van der Waals surface area contributed by atoms with Crippen molar-refractivity contribution in [2.75, 3.05) is 11.9 Å². The van der Waals surface area contributed by atoms with E-state index in [-0.39, 0.29) is 6.04 Å². The highest BCUT2D eigenvalue weighted by Gasteiger charge is 2.13. The molecule has 0 saturated heterocycles. The van der Waals surface area contributed by atoms with Crippen molar-refractivity contribution in [1.82, 2.24) is 0 Å². The molecule has 0 amide bonds. The molecule has 1 atom stereocenters. The molecule has 0 bridgehead atoms. The maximum atomic E-state index is 9.32. The van der Waals surface area contributed by atoms with E-state index in [4.69, 9.17) is 0 Å². The van der Waals surface area contributed by atoms with Crippen LogP contribution in [0.2, 0.25) is 0 Å². The summed E-state index contributed by atoms with van der Waals surface area (Å²) in [6.45, 7) is 4.29. The summed E-state index contributed by atoms with van der Waals surface area (Å²) in [5, 5.41) is 9.32. The molecule has 18 heavy (non-hydrogen) atoms. The van der Waals surface area contributed by atoms with Gasteiger partial charge in [-0.1, -0.05) is 30.3 Å². The van der Waals surface area contributed by atoms with Crippen LogP contribution in [0.25, 0.3) is 0 Å². The molecule has 0 aliphatic heterocycles. The van der Waals surface area contributed by atoms with E-state index in [0.29, 0.717) is 5.75 Å². The van der Waals surface area contributed by atoms with Gasteiger partial charge in [0.05, 0.1) is 6.04 Å². The Balaban J connectivity index is 2.26. The molecule has 0 aliphatic rings. The lowest BCUT2D eigenvalue weighted by Crippen LogP contribution is -2.22. The highest BCUT2D eigenvalue weighted by Crippen LogP contribution is 2.28. The minimum Gasteiger partial charge on any atom is -0.508 e. The van der Waals surface area contributed by atoms with E-state index in [1.807, 2.05) is 12.1 Å². The van der Waals surface area contributed by atoms with Crippen LogP contribution in [0, 0.1) is 6.92 Å². The molecule has 0 fully saturated rings. The summed E-state index contributed by atoms with van der Waals surface area (Å²) in [7, 11) is 2.10. The Morgan fingerprint density at radius 2 is 1.61 bits per heavy atom. The summed E-state index contributed by atoms with van der Waals surface area (Å²) in [5.74, 6) is 0.310. The Labute approximate surface area is 109 Å². The summed E-state index contributed by atoms with van der Waals surface area (Å²) in [4.78, 5) is 2.25. The lowest BCUT2D eigenvalue weighted by Gasteiger charge is -2.28. The van der Waals surface area contributed by atoms with E-state index >= 15 is 0 Å². The van der Waals surface area contributed by atoms with Gasteiger partial charge in [-0.3, -0.25) is 0 Å². The van der Waals surface area contributed by atoms with Crippen LogP contribution < -0.4 is 4.90 Å². The summed E-state index contributed by atoms with van der Waals surface area (Å²) in [6.07, 6.45) is 0. The summed E-state index contributed by atoms with van der Waals surface area (Å²) < 4.78 is 0. The molecule has 2 aromatic carbocycles. The van der Waals surface area contributed by atoms with Gasteiger partial charge in [0, 0.05) is 12.7 Å². The highest BCUT2D eigenvalue weighted by molar-refractivity contribution is 5.54. The van der Waals surface area contributed by atoms with Crippen LogP contribution in [0.3, 0.4) is 0 Å². The van der Waals surface area contributed by atoms with E-state index in [0.717, 1.165) is 0 Å². The first-order chi connectivity index (χ1) is 8.59. The van der Waals surface area contributed by atoms with Gasteiger partial charge in [-0.05, 0) is 43.2 Å². The number of aryl methyl sites for hydroxylation is 1. The van der Waals surface area contributed by atoms with Crippen molar-refractivity contribution in [3.05, 3.63) is 59.7 Å². The Morgan fingerprint density at radius 1 is 1.00 bits per heavy atom. The van der Waals surface area contributed by atoms with E-state index in [1.54, 1.807) is 12.1 Å². The van der Waals surface area contributed by atoms with Gasteiger partial charge in [0.25, 0.3) is 0 Å². The molecule has 1 N–H and O–H groups in total. The molecular weight excluding hydrogens is 222 g/mol. The Hall–Kier alpha value is -1.96. The first kappa shape index (κ1) is 12.5. The fraction of sp³-hybridized carbons (Fsp3) is 0.250. The second-order valence-corrected chi connectivity index (χ2v) is 4.66. The third-order valence-corrected chi connectivity index (χ3v) is 3.45. The Kier molecular flexibility index (Phi) is 3.56. The molecule has 0 saturated carbocycles. The molecule has 2 rings (SSSR count). The number of hydrogen-bond acceptors (Lipinski definition) is 2. The number of para-hydroxylation sites is 1. The standard InChI is InChI=1S/C16H19NO/c1-12-6-4-5-7-16(12)17(3)13(2)14-8-10-15(18)11-9-14/h4-11,13,18H,1-3H3. The predicted molar refractivity (Wildman–Crippen MR) is 76.1 cm³/mol. The summed E-state index contributed by atoms with van der Waals surface area (Å²) in [6, 6.07) is 16.0. The van der Waals surface area contributed by atoms with Crippen molar-refractivity contribution < 1.29 is 5.11 Å². The quantitative estimate of drug-likeness (QED) is 0.881. The zero-order valence-corrected chi connectivity index (χ0v) is 11.1. The van der Waals surface area contributed by atoms with Gasteiger partial charge in [0.1, 0.15) is 5.75 Å². The minimum absolute atomic E-state index is 0.270. The topological polar surface area (TPSA) is 23.5 Å².